The summed E-state index contributed by atoms with van der Waals surface area (Å²) in [6.45, 7) is 7.97. The normalized spacial score (nSPS) is 22.8. The first kappa shape index (κ1) is 19.3. The Morgan fingerprint density at radius 2 is 1.61 bits per heavy atom. The molecule has 0 aliphatic carbocycles. The Kier molecular flexibility index (Phi) is 8.42. The molecule has 0 saturated carbocycles. The van der Waals surface area contributed by atoms with Crippen molar-refractivity contribution in [3.05, 3.63) is 0 Å². The van der Waals surface area contributed by atoms with Crippen molar-refractivity contribution in [2.45, 2.75) is 25.0 Å². The van der Waals surface area contributed by atoms with E-state index in [9.17, 15) is 0 Å². The first-order valence-electron chi connectivity index (χ1n) is 8.51. The molecular weight excluding hydrogens is 316 g/mol. The second kappa shape index (κ2) is 10.0. The lowest BCUT2D eigenvalue weighted by Crippen LogP contribution is -2.43. The first-order valence-corrected chi connectivity index (χ1v) is 10.4. The van der Waals surface area contributed by atoms with E-state index in [0.717, 1.165) is 71.6 Å². The summed E-state index contributed by atoms with van der Waals surface area (Å²) in [4.78, 5) is 4.98. The number of hydrogen-bond donors (Lipinski definition) is 0. The summed E-state index contributed by atoms with van der Waals surface area (Å²) in [5, 5.41) is 0. The molecule has 2 aliphatic heterocycles. The van der Waals surface area contributed by atoms with E-state index in [1.54, 1.807) is 21.3 Å². The van der Waals surface area contributed by atoms with Gasteiger partial charge in [-0.25, -0.2) is 0 Å². The van der Waals surface area contributed by atoms with E-state index in [4.69, 9.17) is 22.8 Å². The average molecular weight is 349 g/mol. The van der Waals surface area contributed by atoms with Crippen LogP contribution < -0.4 is 0 Å². The smallest absolute Gasteiger partial charge is 0.379 e. The van der Waals surface area contributed by atoms with Gasteiger partial charge in [0.15, 0.2) is 0 Å². The Balaban J connectivity index is 1.50. The van der Waals surface area contributed by atoms with Crippen LogP contribution in [0.25, 0.3) is 0 Å². The van der Waals surface area contributed by atoms with Crippen LogP contribution in [0.3, 0.4) is 0 Å². The number of hydrogen-bond acceptors (Lipinski definition) is 7. The van der Waals surface area contributed by atoms with Gasteiger partial charge in [0.1, 0.15) is 6.10 Å². The quantitative estimate of drug-likeness (QED) is 0.275. The monoisotopic (exact) mass is 348 g/mol. The van der Waals surface area contributed by atoms with Gasteiger partial charge in [-0.15, -0.1) is 0 Å². The van der Waals surface area contributed by atoms with Gasteiger partial charge in [-0.05, 0) is 19.4 Å². The molecule has 136 valence electrons. The molecule has 0 bridgehead atoms. The van der Waals surface area contributed by atoms with Crippen molar-refractivity contribution < 1.29 is 22.8 Å². The maximum Gasteiger partial charge on any atom is 0.500 e. The summed E-state index contributed by atoms with van der Waals surface area (Å²) in [5.74, 6) is 0. The molecule has 0 N–H and O–H groups in total. The minimum absolute atomic E-state index is 0.374. The molecule has 8 heteroatoms. The zero-order valence-corrected chi connectivity index (χ0v) is 15.8. The fourth-order valence-corrected chi connectivity index (χ4v) is 4.62. The Bertz CT molecular complexity index is 321. The summed E-state index contributed by atoms with van der Waals surface area (Å²) in [5.41, 5.74) is 0. The number of nitrogens with zero attached hydrogens (tertiary/aromatic N) is 2. The van der Waals surface area contributed by atoms with Crippen molar-refractivity contribution in [1.29, 1.82) is 0 Å². The number of epoxide rings is 1. The van der Waals surface area contributed by atoms with Crippen LogP contribution in [0, 0.1) is 0 Å². The van der Waals surface area contributed by atoms with Gasteiger partial charge in [-0.2, -0.15) is 0 Å². The third-order valence-corrected chi connectivity index (χ3v) is 7.32. The van der Waals surface area contributed by atoms with E-state index in [1.807, 2.05) is 0 Å². The van der Waals surface area contributed by atoms with Gasteiger partial charge < -0.3 is 22.8 Å². The second-order valence-electron chi connectivity index (χ2n) is 6.16. The van der Waals surface area contributed by atoms with Gasteiger partial charge in [0.25, 0.3) is 0 Å². The zero-order valence-electron chi connectivity index (χ0n) is 14.8. The summed E-state index contributed by atoms with van der Waals surface area (Å²) in [6, 6.07) is 0.865. The number of ether oxygens (including phenoxy) is 2. The molecule has 1 unspecified atom stereocenters. The van der Waals surface area contributed by atoms with Crippen LogP contribution in [-0.4, -0.2) is 98.7 Å². The largest absolute Gasteiger partial charge is 0.500 e. The molecule has 2 saturated heterocycles. The minimum atomic E-state index is -2.41. The predicted molar refractivity (Wildman–Crippen MR) is 89.4 cm³/mol. The van der Waals surface area contributed by atoms with Crippen LogP contribution >= 0.6 is 0 Å². The van der Waals surface area contributed by atoms with Crippen LogP contribution in [0.5, 0.6) is 0 Å². The maximum absolute atomic E-state index is 5.58. The molecule has 2 fully saturated rings. The topological polar surface area (TPSA) is 55.9 Å². The molecule has 23 heavy (non-hydrogen) atoms. The van der Waals surface area contributed by atoms with Gasteiger partial charge in [0.05, 0.1) is 19.9 Å². The predicted octanol–water partition coefficient (Wildman–Crippen LogP) is 0.635. The van der Waals surface area contributed by atoms with E-state index in [1.165, 1.54) is 0 Å². The van der Waals surface area contributed by atoms with Crippen LogP contribution in [0.15, 0.2) is 0 Å². The van der Waals surface area contributed by atoms with E-state index in [-0.39, 0.29) is 0 Å². The standard InChI is InChI=1S/C15H32N2O5Si/c1-18-23(19-2,20-3)11-5-7-17-9-8-16(14-17)6-4-10-21-12-15-13-22-15/h15H,4-14H2,1-3H3. The van der Waals surface area contributed by atoms with Gasteiger partial charge in [-0.3, -0.25) is 9.80 Å². The SMILES string of the molecule is CO[Si](CCCN1CCN(CCCOCC2CO2)C1)(OC)OC. The highest BCUT2D eigenvalue weighted by atomic mass is 28.4. The van der Waals surface area contributed by atoms with Crippen LogP contribution in [0.1, 0.15) is 12.8 Å². The highest BCUT2D eigenvalue weighted by molar-refractivity contribution is 6.60. The maximum atomic E-state index is 5.58. The zero-order chi connectivity index (χ0) is 16.5. The number of rotatable bonds is 13. The lowest BCUT2D eigenvalue weighted by molar-refractivity contribution is 0.105. The van der Waals surface area contributed by atoms with E-state index in [2.05, 4.69) is 9.80 Å². The minimum Gasteiger partial charge on any atom is -0.379 e. The summed E-state index contributed by atoms with van der Waals surface area (Å²) >= 11 is 0. The fraction of sp³-hybridized carbons (Fsp3) is 1.00. The van der Waals surface area contributed by atoms with E-state index >= 15 is 0 Å². The third kappa shape index (κ3) is 6.75. The Hall–Kier alpha value is -0.0631. The average Bonchev–Trinajstić information content (AvgIpc) is 3.30. The van der Waals surface area contributed by atoms with Gasteiger partial charge in [0, 0.05) is 53.6 Å². The molecule has 2 rings (SSSR count). The van der Waals surface area contributed by atoms with Crippen molar-refractivity contribution in [3.8, 4) is 0 Å². The summed E-state index contributed by atoms with van der Waals surface area (Å²) in [7, 11) is 2.62. The molecule has 0 aromatic heterocycles. The summed E-state index contributed by atoms with van der Waals surface area (Å²) in [6.07, 6.45) is 2.51. The van der Waals surface area contributed by atoms with E-state index < -0.39 is 8.80 Å². The molecule has 0 aromatic rings. The highest BCUT2D eigenvalue weighted by Gasteiger charge is 2.37. The molecule has 0 amide bonds. The molecule has 7 nitrogen and oxygen atoms in total. The molecule has 0 aromatic carbocycles. The van der Waals surface area contributed by atoms with Crippen molar-refractivity contribution in [3.63, 3.8) is 0 Å². The van der Waals surface area contributed by atoms with Gasteiger partial charge >= 0.3 is 8.80 Å². The van der Waals surface area contributed by atoms with Crippen molar-refractivity contribution in [1.82, 2.24) is 9.80 Å². The highest BCUT2D eigenvalue weighted by Crippen LogP contribution is 2.16. The van der Waals surface area contributed by atoms with Crippen molar-refractivity contribution in [2.75, 3.05) is 74.0 Å². The van der Waals surface area contributed by atoms with Crippen LogP contribution in [0.4, 0.5) is 0 Å². The molecule has 1 atom stereocenters. The Morgan fingerprint density at radius 1 is 1.00 bits per heavy atom. The fourth-order valence-electron chi connectivity index (χ4n) is 2.92. The van der Waals surface area contributed by atoms with Crippen LogP contribution in [0.2, 0.25) is 6.04 Å². The van der Waals surface area contributed by atoms with Gasteiger partial charge in [0.2, 0.25) is 0 Å². The van der Waals surface area contributed by atoms with Gasteiger partial charge in [-0.1, -0.05) is 0 Å². The van der Waals surface area contributed by atoms with Crippen molar-refractivity contribution >= 4 is 8.80 Å². The Labute approximate surface area is 141 Å². The molecular formula is C15H32N2O5Si. The first-order chi connectivity index (χ1) is 11.2. The molecule has 0 spiro atoms. The second-order valence-corrected chi connectivity index (χ2v) is 9.25. The molecule has 2 heterocycles. The Morgan fingerprint density at radius 3 is 2.17 bits per heavy atom. The van der Waals surface area contributed by atoms with Crippen molar-refractivity contribution in [2.24, 2.45) is 0 Å². The third-order valence-electron chi connectivity index (χ3n) is 4.49. The van der Waals surface area contributed by atoms with E-state index in [0.29, 0.717) is 6.10 Å². The summed E-state index contributed by atoms with van der Waals surface area (Å²) < 4.78 is 27.1. The lowest BCUT2D eigenvalue weighted by atomic mass is 10.4. The molecule has 0 radical (unpaired) electrons. The lowest BCUT2D eigenvalue weighted by Gasteiger charge is -2.25. The molecule has 2 aliphatic rings. The van der Waals surface area contributed by atoms with Crippen LogP contribution in [-0.2, 0) is 22.8 Å².